The van der Waals surface area contributed by atoms with Crippen molar-refractivity contribution in [2.45, 2.75) is 26.2 Å². The normalized spacial score (nSPS) is 13.8. The van der Waals surface area contributed by atoms with Crippen LogP contribution in [-0.4, -0.2) is 6.71 Å². The first kappa shape index (κ1) is 22.3. The highest BCUT2D eigenvalue weighted by Crippen LogP contribution is 2.48. The molecule has 2 aliphatic heterocycles. The van der Waals surface area contributed by atoms with Gasteiger partial charge < -0.3 is 4.90 Å². The van der Waals surface area contributed by atoms with E-state index in [0.717, 1.165) is 0 Å². The molecule has 0 aliphatic carbocycles. The molecule has 9 rings (SSSR count). The predicted molar refractivity (Wildman–Crippen MR) is 174 cm³/mol. The summed E-state index contributed by atoms with van der Waals surface area (Å²) in [5.74, 6) is 0. The maximum Gasteiger partial charge on any atom is 0.248 e. The second-order valence-electron chi connectivity index (χ2n) is 12.5. The standard InChI is InChI=1S/C38H28BN/c1-38(2,3)29-21-20-27-26-11-4-5-12-30(26)39-31-13-6-7-14-33(31)40(37(29)36(27)39)32-22-18-25-16-15-23-9-8-10-24-17-19-28(32)35(25)34(23)24/h4-22H,1-3H3. The Morgan fingerprint density at radius 3 is 2.00 bits per heavy atom. The molecule has 7 aromatic rings. The number of nitrogens with zero attached hydrogens (tertiary/aromatic N) is 1. The van der Waals surface area contributed by atoms with E-state index in [9.17, 15) is 0 Å². The summed E-state index contributed by atoms with van der Waals surface area (Å²) in [5, 5.41) is 7.94. The molecule has 2 aliphatic rings. The summed E-state index contributed by atoms with van der Waals surface area (Å²) in [7, 11) is 0. The average Bonchev–Trinajstić information content (AvgIpc) is 3.31. The van der Waals surface area contributed by atoms with Crippen molar-refractivity contribution in [2.75, 3.05) is 4.90 Å². The Labute approximate surface area is 235 Å². The molecule has 0 N–H and O–H groups in total. The summed E-state index contributed by atoms with van der Waals surface area (Å²) in [4.78, 5) is 2.60. The largest absolute Gasteiger partial charge is 0.311 e. The highest BCUT2D eigenvalue weighted by Gasteiger charge is 2.44. The third-order valence-corrected chi connectivity index (χ3v) is 9.33. The minimum Gasteiger partial charge on any atom is -0.311 e. The van der Waals surface area contributed by atoms with Crippen LogP contribution in [0.15, 0.2) is 115 Å². The molecule has 0 bridgehead atoms. The van der Waals surface area contributed by atoms with Gasteiger partial charge in [-0.1, -0.05) is 129 Å². The molecule has 0 spiro atoms. The quantitative estimate of drug-likeness (QED) is 0.159. The lowest BCUT2D eigenvalue weighted by Gasteiger charge is -2.40. The maximum absolute atomic E-state index is 2.60. The first-order chi connectivity index (χ1) is 19.5. The number of rotatable bonds is 1. The van der Waals surface area contributed by atoms with E-state index in [1.54, 1.807) is 0 Å². The van der Waals surface area contributed by atoms with Crippen molar-refractivity contribution in [1.82, 2.24) is 0 Å². The van der Waals surface area contributed by atoms with E-state index in [1.807, 2.05) is 0 Å². The Hall–Kier alpha value is -4.56. The van der Waals surface area contributed by atoms with Gasteiger partial charge in [0.1, 0.15) is 0 Å². The SMILES string of the molecule is CC(C)(C)c1ccc2c3c1N(c1ccc4ccc5cccc6ccc1c4c56)c1ccccc1B3c1ccccc1-2. The van der Waals surface area contributed by atoms with Crippen LogP contribution in [0.1, 0.15) is 26.3 Å². The fourth-order valence-corrected chi connectivity index (χ4v) is 7.67. The van der Waals surface area contributed by atoms with Crippen molar-refractivity contribution in [3.8, 4) is 11.1 Å². The second-order valence-corrected chi connectivity index (χ2v) is 12.5. The van der Waals surface area contributed by atoms with Crippen LogP contribution in [0, 0.1) is 0 Å². The predicted octanol–water partition coefficient (Wildman–Crippen LogP) is 8.16. The molecule has 0 saturated carbocycles. The zero-order valence-electron chi connectivity index (χ0n) is 23.0. The van der Waals surface area contributed by atoms with Gasteiger partial charge in [0.25, 0.3) is 0 Å². The van der Waals surface area contributed by atoms with E-state index < -0.39 is 0 Å². The fraction of sp³-hybridized carbons (Fsp3) is 0.105. The monoisotopic (exact) mass is 509 g/mol. The molecule has 7 aromatic carbocycles. The van der Waals surface area contributed by atoms with E-state index in [2.05, 4.69) is 141 Å². The zero-order chi connectivity index (χ0) is 26.7. The summed E-state index contributed by atoms with van der Waals surface area (Å²) in [6.07, 6.45) is 0. The molecule has 0 fully saturated rings. The number of hydrogen-bond donors (Lipinski definition) is 0. The molecular formula is C38H28BN. The first-order valence-corrected chi connectivity index (χ1v) is 14.3. The van der Waals surface area contributed by atoms with Gasteiger partial charge in [-0.05, 0) is 72.1 Å². The van der Waals surface area contributed by atoms with Crippen LogP contribution in [0.3, 0.4) is 0 Å². The molecule has 0 radical (unpaired) electrons. The zero-order valence-corrected chi connectivity index (χ0v) is 23.0. The lowest BCUT2D eigenvalue weighted by Crippen LogP contribution is -2.55. The van der Waals surface area contributed by atoms with E-state index in [4.69, 9.17) is 0 Å². The number of anilines is 3. The van der Waals surface area contributed by atoms with Crippen LogP contribution in [0.4, 0.5) is 17.1 Å². The summed E-state index contributed by atoms with van der Waals surface area (Å²) in [6.45, 7) is 7.30. The Bertz CT molecular complexity index is 2150. The fourth-order valence-electron chi connectivity index (χ4n) is 7.67. The van der Waals surface area contributed by atoms with Crippen molar-refractivity contribution >= 4 is 72.5 Å². The Morgan fingerprint density at radius 2 is 1.20 bits per heavy atom. The smallest absolute Gasteiger partial charge is 0.248 e. The highest BCUT2D eigenvalue weighted by atomic mass is 15.2. The summed E-state index contributed by atoms with van der Waals surface area (Å²) < 4.78 is 0. The minimum absolute atomic E-state index is 0.0159. The Morgan fingerprint density at radius 1 is 0.525 bits per heavy atom. The molecule has 0 saturated heterocycles. The van der Waals surface area contributed by atoms with Crippen molar-refractivity contribution in [2.24, 2.45) is 0 Å². The summed E-state index contributed by atoms with van der Waals surface area (Å²) in [6, 6.07) is 43.4. The van der Waals surface area contributed by atoms with Crippen LogP contribution in [-0.2, 0) is 5.41 Å². The molecule has 0 amide bonds. The second kappa shape index (κ2) is 7.55. The summed E-state index contributed by atoms with van der Waals surface area (Å²) >= 11 is 0. The third-order valence-electron chi connectivity index (χ3n) is 9.33. The molecule has 2 heteroatoms. The first-order valence-electron chi connectivity index (χ1n) is 14.3. The topological polar surface area (TPSA) is 3.24 Å². The van der Waals surface area contributed by atoms with Gasteiger partial charge in [-0.15, -0.1) is 0 Å². The average molecular weight is 509 g/mol. The highest BCUT2D eigenvalue weighted by molar-refractivity contribution is 7.01. The van der Waals surface area contributed by atoms with Gasteiger partial charge in [0.15, 0.2) is 0 Å². The molecular weight excluding hydrogens is 481 g/mol. The lowest BCUT2D eigenvalue weighted by atomic mass is 9.37. The van der Waals surface area contributed by atoms with Crippen LogP contribution >= 0.6 is 0 Å². The maximum atomic E-state index is 2.60. The minimum atomic E-state index is -0.0159. The van der Waals surface area contributed by atoms with Gasteiger partial charge in [-0.3, -0.25) is 0 Å². The van der Waals surface area contributed by atoms with E-state index in [-0.39, 0.29) is 12.1 Å². The van der Waals surface area contributed by atoms with Crippen LogP contribution in [0.5, 0.6) is 0 Å². The number of hydrogen-bond acceptors (Lipinski definition) is 1. The third kappa shape index (κ3) is 2.74. The molecule has 188 valence electrons. The lowest BCUT2D eigenvalue weighted by molar-refractivity contribution is 0.591. The molecule has 1 nitrogen and oxygen atoms in total. The van der Waals surface area contributed by atoms with E-state index in [0.29, 0.717) is 0 Å². The molecule has 40 heavy (non-hydrogen) atoms. The van der Waals surface area contributed by atoms with Crippen molar-refractivity contribution in [3.05, 3.63) is 121 Å². The Kier molecular flexibility index (Phi) is 4.20. The number of benzene rings is 7. The van der Waals surface area contributed by atoms with Gasteiger partial charge in [0.05, 0.1) is 5.69 Å². The van der Waals surface area contributed by atoms with Gasteiger partial charge in [-0.25, -0.2) is 0 Å². The molecule has 0 atom stereocenters. The Balaban J connectivity index is 1.45. The van der Waals surface area contributed by atoms with Crippen LogP contribution in [0.2, 0.25) is 0 Å². The van der Waals surface area contributed by atoms with Crippen LogP contribution < -0.4 is 21.3 Å². The molecule has 0 aromatic heterocycles. The number of fused-ring (bicyclic) bond motifs is 5. The van der Waals surface area contributed by atoms with Gasteiger partial charge in [-0.2, -0.15) is 0 Å². The van der Waals surface area contributed by atoms with Crippen molar-refractivity contribution in [1.29, 1.82) is 0 Å². The van der Waals surface area contributed by atoms with Crippen molar-refractivity contribution in [3.63, 3.8) is 0 Å². The molecule has 2 heterocycles. The molecule has 0 unspecified atom stereocenters. The van der Waals surface area contributed by atoms with E-state index in [1.165, 1.54) is 82.5 Å². The summed E-state index contributed by atoms with van der Waals surface area (Å²) in [5.41, 5.74) is 12.3. The van der Waals surface area contributed by atoms with E-state index >= 15 is 0 Å². The van der Waals surface area contributed by atoms with Gasteiger partial charge in [0, 0.05) is 16.8 Å². The van der Waals surface area contributed by atoms with Crippen LogP contribution in [0.25, 0.3) is 43.4 Å². The van der Waals surface area contributed by atoms with Crippen molar-refractivity contribution < 1.29 is 0 Å². The van der Waals surface area contributed by atoms with Gasteiger partial charge >= 0.3 is 0 Å². The number of para-hydroxylation sites is 1. The van der Waals surface area contributed by atoms with Gasteiger partial charge in [0.2, 0.25) is 6.71 Å².